The molecule has 2 aromatic carbocycles. The lowest BCUT2D eigenvalue weighted by molar-refractivity contribution is -0.133. The Balaban J connectivity index is 1.76. The van der Waals surface area contributed by atoms with Gasteiger partial charge in [-0.15, -0.1) is 0 Å². The lowest BCUT2D eigenvalue weighted by Gasteiger charge is -2.29. The lowest BCUT2D eigenvalue weighted by Crippen LogP contribution is -2.30. The van der Waals surface area contributed by atoms with E-state index in [1.165, 1.54) is 33.0 Å². The van der Waals surface area contributed by atoms with Crippen LogP contribution in [0.2, 0.25) is 0 Å². The molecular formula is C23H26FNO4. The fourth-order valence-corrected chi connectivity index (χ4v) is 3.49. The van der Waals surface area contributed by atoms with Crippen LogP contribution in [0.4, 0.5) is 10.1 Å². The summed E-state index contributed by atoms with van der Waals surface area (Å²) in [5, 5.41) is 0. The van der Waals surface area contributed by atoms with Crippen molar-refractivity contribution in [2.24, 2.45) is 0 Å². The fraction of sp³-hybridized carbons (Fsp3) is 0.348. The first-order valence-electron chi connectivity index (χ1n) is 9.71. The lowest BCUT2D eigenvalue weighted by atomic mass is 10.0. The van der Waals surface area contributed by atoms with Gasteiger partial charge in [0.15, 0.2) is 0 Å². The van der Waals surface area contributed by atoms with Crippen LogP contribution in [0, 0.1) is 5.82 Å². The summed E-state index contributed by atoms with van der Waals surface area (Å²) in [6.07, 6.45) is 4.72. The Kier molecular flexibility index (Phi) is 7.11. The van der Waals surface area contributed by atoms with E-state index in [1.807, 2.05) is 18.2 Å². The number of benzene rings is 2. The monoisotopic (exact) mass is 399 g/mol. The SMILES string of the molecule is CO/C=C(/C(=O)OC)c1ccccc1COc1ccc(N2CCCCC2)c(F)c1. The van der Waals surface area contributed by atoms with Gasteiger partial charge >= 0.3 is 5.97 Å². The minimum absolute atomic E-state index is 0.177. The van der Waals surface area contributed by atoms with Crippen LogP contribution in [-0.2, 0) is 20.9 Å². The number of carbonyl (C=O) groups excluding carboxylic acids is 1. The highest BCUT2D eigenvalue weighted by Crippen LogP contribution is 2.28. The van der Waals surface area contributed by atoms with E-state index in [0.29, 0.717) is 22.6 Å². The Hall–Kier alpha value is -3.02. The van der Waals surface area contributed by atoms with Gasteiger partial charge < -0.3 is 19.1 Å². The molecule has 0 bridgehead atoms. The van der Waals surface area contributed by atoms with E-state index < -0.39 is 5.97 Å². The average molecular weight is 399 g/mol. The number of carbonyl (C=O) groups is 1. The van der Waals surface area contributed by atoms with Crippen molar-refractivity contribution in [1.29, 1.82) is 0 Å². The van der Waals surface area contributed by atoms with Crippen LogP contribution >= 0.6 is 0 Å². The molecule has 6 heteroatoms. The molecule has 0 N–H and O–H groups in total. The summed E-state index contributed by atoms with van der Waals surface area (Å²) in [7, 11) is 2.78. The number of piperidine rings is 1. The molecule has 5 nitrogen and oxygen atoms in total. The van der Waals surface area contributed by atoms with Crippen molar-refractivity contribution in [3.8, 4) is 5.75 Å². The zero-order valence-electron chi connectivity index (χ0n) is 16.8. The smallest absolute Gasteiger partial charge is 0.341 e. The Labute approximate surface area is 170 Å². The van der Waals surface area contributed by atoms with Gasteiger partial charge in [0.05, 0.1) is 26.2 Å². The third-order valence-electron chi connectivity index (χ3n) is 4.96. The van der Waals surface area contributed by atoms with Crippen molar-refractivity contribution in [2.45, 2.75) is 25.9 Å². The van der Waals surface area contributed by atoms with Crippen LogP contribution in [0.25, 0.3) is 5.57 Å². The van der Waals surface area contributed by atoms with Gasteiger partial charge in [0.2, 0.25) is 0 Å². The topological polar surface area (TPSA) is 48.0 Å². The second kappa shape index (κ2) is 9.96. The largest absolute Gasteiger partial charge is 0.503 e. The minimum atomic E-state index is -0.503. The third kappa shape index (κ3) is 5.08. The molecule has 1 saturated heterocycles. The van der Waals surface area contributed by atoms with Crippen LogP contribution in [0.1, 0.15) is 30.4 Å². The molecule has 29 heavy (non-hydrogen) atoms. The number of ether oxygens (including phenoxy) is 3. The Bertz CT molecular complexity index is 875. The summed E-state index contributed by atoms with van der Waals surface area (Å²) in [5.41, 5.74) is 2.32. The van der Waals surface area contributed by atoms with Crippen molar-refractivity contribution >= 4 is 17.2 Å². The van der Waals surface area contributed by atoms with E-state index in [2.05, 4.69) is 4.90 Å². The molecule has 0 aromatic heterocycles. The molecule has 1 fully saturated rings. The zero-order valence-corrected chi connectivity index (χ0v) is 16.8. The molecule has 1 aliphatic heterocycles. The van der Waals surface area contributed by atoms with E-state index in [-0.39, 0.29) is 12.4 Å². The summed E-state index contributed by atoms with van der Waals surface area (Å²) in [4.78, 5) is 14.2. The van der Waals surface area contributed by atoms with Crippen LogP contribution < -0.4 is 9.64 Å². The first kappa shape index (κ1) is 20.7. The van der Waals surface area contributed by atoms with Gasteiger partial charge in [-0.25, -0.2) is 9.18 Å². The van der Waals surface area contributed by atoms with Crippen molar-refractivity contribution in [2.75, 3.05) is 32.2 Å². The first-order chi connectivity index (χ1) is 14.1. The van der Waals surface area contributed by atoms with E-state index in [9.17, 15) is 9.18 Å². The number of methoxy groups -OCH3 is 2. The van der Waals surface area contributed by atoms with Crippen molar-refractivity contribution in [1.82, 2.24) is 0 Å². The zero-order chi connectivity index (χ0) is 20.6. The van der Waals surface area contributed by atoms with E-state index in [4.69, 9.17) is 14.2 Å². The Morgan fingerprint density at radius 3 is 2.55 bits per heavy atom. The predicted octanol–water partition coefficient (Wildman–Crippen LogP) is 4.56. The molecule has 0 aliphatic carbocycles. The highest BCUT2D eigenvalue weighted by molar-refractivity contribution is 6.16. The molecule has 0 spiro atoms. The molecule has 0 amide bonds. The Morgan fingerprint density at radius 1 is 1.10 bits per heavy atom. The molecule has 0 saturated carbocycles. The minimum Gasteiger partial charge on any atom is -0.503 e. The van der Waals surface area contributed by atoms with Gasteiger partial charge in [0.25, 0.3) is 0 Å². The molecule has 3 rings (SSSR count). The standard InChI is InChI=1S/C23H26FNO4/c1-27-16-20(23(26)28-2)19-9-5-4-8-17(19)15-29-18-10-11-22(21(24)14-18)25-12-6-3-7-13-25/h4-5,8-11,14,16H,3,6-7,12-13,15H2,1-2H3/b20-16+. The molecule has 0 radical (unpaired) electrons. The number of rotatable bonds is 7. The summed E-state index contributed by atoms with van der Waals surface area (Å²) in [5.74, 6) is -0.350. The second-order valence-corrected chi connectivity index (χ2v) is 6.87. The number of hydrogen-bond acceptors (Lipinski definition) is 5. The van der Waals surface area contributed by atoms with Crippen LogP contribution in [0.15, 0.2) is 48.7 Å². The summed E-state index contributed by atoms with van der Waals surface area (Å²) in [6, 6.07) is 12.3. The molecule has 0 atom stereocenters. The number of hydrogen-bond donors (Lipinski definition) is 0. The molecule has 1 aliphatic rings. The molecule has 1 heterocycles. The summed E-state index contributed by atoms with van der Waals surface area (Å²) < 4.78 is 30.3. The predicted molar refractivity (Wildman–Crippen MR) is 110 cm³/mol. The molecule has 2 aromatic rings. The fourth-order valence-electron chi connectivity index (χ4n) is 3.49. The van der Waals surface area contributed by atoms with E-state index >= 15 is 0 Å². The van der Waals surface area contributed by atoms with Crippen LogP contribution in [-0.4, -0.2) is 33.3 Å². The number of nitrogens with zero attached hydrogens (tertiary/aromatic N) is 1. The van der Waals surface area contributed by atoms with Crippen LogP contribution in [0.3, 0.4) is 0 Å². The maximum absolute atomic E-state index is 14.6. The van der Waals surface area contributed by atoms with Crippen molar-refractivity contribution in [3.63, 3.8) is 0 Å². The highest BCUT2D eigenvalue weighted by Gasteiger charge is 2.18. The van der Waals surface area contributed by atoms with Crippen LogP contribution in [0.5, 0.6) is 5.75 Å². The first-order valence-corrected chi connectivity index (χ1v) is 9.71. The number of anilines is 1. The van der Waals surface area contributed by atoms with Gasteiger partial charge in [-0.3, -0.25) is 0 Å². The average Bonchev–Trinajstić information content (AvgIpc) is 2.76. The van der Waals surface area contributed by atoms with Gasteiger partial charge in [-0.05, 0) is 42.5 Å². The maximum atomic E-state index is 14.6. The maximum Gasteiger partial charge on any atom is 0.341 e. The number of halogens is 1. The molecular weight excluding hydrogens is 373 g/mol. The molecule has 154 valence electrons. The van der Waals surface area contributed by atoms with Gasteiger partial charge in [0.1, 0.15) is 23.7 Å². The van der Waals surface area contributed by atoms with E-state index in [1.54, 1.807) is 18.2 Å². The summed E-state index contributed by atoms with van der Waals surface area (Å²) in [6.45, 7) is 1.94. The Morgan fingerprint density at radius 2 is 1.86 bits per heavy atom. The second-order valence-electron chi connectivity index (χ2n) is 6.87. The van der Waals surface area contributed by atoms with E-state index in [0.717, 1.165) is 31.5 Å². The molecule has 0 unspecified atom stereocenters. The van der Waals surface area contributed by atoms with Crippen molar-refractivity contribution < 1.29 is 23.4 Å². The highest BCUT2D eigenvalue weighted by atomic mass is 19.1. The van der Waals surface area contributed by atoms with Gasteiger partial charge in [-0.2, -0.15) is 0 Å². The third-order valence-corrected chi connectivity index (χ3v) is 4.96. The van der Waals surface area contributed by atoms with Crippen molar-refractivity contribution in [3.05, 3.63) is 65.7 Å². The van der Waals surface area contributed by atoms with Gasteiger partial charge in [0, 0.05) is 19.2 Å². The summed E-state index contributed by atoms with van der Waals surface area (Å²) >= 11 is 0. The quantitative estimate of drug-likeness (QED) is 0.388. The normalized spacial score (nSPS) is 14.4. The van der Waals surface area contributed by atoms with Gasteiger partial charge in [-0.1, -0.05) is 24.3 Å². The number of esters is 1.